The molecule has 0 fully saturated rings. The standard InChI is InChI=1S/C18H17F3O2/c1-13(2)17(18(19,20)21)11-9-16(10-12-17,15(22)23-3)14-7-5-4-6-8-14/h4-12H,1H2,2-3H3. The molecule has 1 aliphatic rings. The lowest BCUT2D eigenvalue weighted by Gasteiger charge is -2.37. The number of hydrogen-bond donors (Lipinski definition) is 0. The number of esters is 1. The van der Waals surface area contributed by atoms with Gasteiger partial charge in [0.1, 0.15) is 10.8 Å². The maximum absolute atomic E-state index is 13.5. The maximum atomic E-state index is 13.5. The van der Waals surface area contributed by atoms with Gasteiger partial charge in [0.15, 0.2) is 0 Å². The van der Waals surface area contributed by atoms with E-state index in [-0.39, 0.29) is 5.57 Å². The molecule has 1 aromatic rings. The van der Waals surface area contributed by atoms with Crippen LogP contribution in [0.4, 0.5) is 13.2 Å². The molecular formula is C18H17F3O2. The molecule has 1 aromatic carbocycles. The number of halogens is 3. The van der Waals surface area contributed by atoms with Gasteiger partial charge in [-0.1, -0.05) is 66.8 Å². The summed E-state index contributed by atoms with van der Waals surface area (Å²) in [5.41, 5.74) is -3.18. The van der Waals surface area contributed by atoms with Crippen molar-refractivity contribution in [3.05, 3.63) is 72.4 Å². The Balaban J connectivity index is 2.61. The summed E-state index contributed by atoms with van der Waals surface area (Å²) in [7, 11) is 1.21. The zero-order valence-electron chi connectivity index (χ0n) is 12.9. The Morgan fingerprint density at radius 1 is 1.09 bits per heavy atom. The van der Waals surface area contributed by atoms with Crippen molar-refractivity contribution >= 4 is 5.97 Å². The zero-order valence-corrected chi connectivity index (χ0v) is 12.9. The van der Waals surface area contributed by atoms with Crippen molar-refractivity contribution in [1.29, 1.82) is 0 Å². The van der Waals surface area contributed by atoms with Gasteiger partial charge < -0.3 is 4.74 Å². The van der Waals surface area contributed by atoms with Crippen LogP contribution in [0.1, 0.15) is 12.5 Å². The van der Waals surface area contributed by atoms with E-state index in [0.29, 0.717) is 5.56 Å². The van der Waals surface area contributed by atoms with Crippen LogP contribution in [0.5, 0.6) is 0 Å². The van der Waals surface area contributed by atoms with E-state index >= 15 is 0 Å². The molecule has 5 heteroatoms. The average Bonchev–Trinajstić information content (AvgIpc) is 2.53. The highest BCUT2D eigenvalue weighted by atomic mass is 19.4. The molecule has 0 amide bonds. The summed E-state index contributed by atoms with van der Waals surface area (Å²) in [6.45, 7) is 4.78. The lowest BCUT2D eigenvalue weighted by atomic mass is 9.69. The van der Waals surface area contributed by atoms with Crippen LogP contribution in [0.25, 0.3) is 0 Å². The number of carbonyl (C=O) groups excluding carboxylic acids is 1. The summed E-state index contributed by atoms with van der Waals surface area (Å²) >= 11 is 0. The van der Waals surface area contributed by atoms with Gasteiger partial charge in [0, 0.05) is 0 Å². The molecule has 0 saturated heterocycles. The summed E-state index contributed by atoms with van der Waals surface area (Å²) < 4.78 is 45.3. The number of methoxy groups -OCH3 is 1. The van der Waals surface area contributed by atoms with Crippen LogP contribution >= 0.6 is 0 Å². The average molecular weight is 322 g/mol. The van der Waals surface area contributed by atoms with E-state index in [9.17, 15) is 18.0 Å². The van der Waals surface area contributed by atoms with Crippen LogP contribution < -0.4 is 0 Å². The summed E-state index contributed by atoms with van der Waals surface area (Å²) in [4.78, 5) is 12.3. The van der Waals surface area contributed by atoms with E-state index in [1.165, 1.54) is 26.2 Å². The topological polar surface area (TPSA) is 26.3 Å². The molecule has 0 radical (unpaired) electrons. The fourth-order valence-electron chi connectivity index (χ4n) is 2.68. The molecule has 0 heterocycles. The molecule has 0 aromatic heterocycles. The monoisotopic (exact) mass is 322 g/mol. The molecule has 0 N–H and O–H groups in total. The minimum absolute atomic E-state index is 0.0657. The normalized spacial score (nSPS) is 26.8. The van der Waals surface area contributed by atoms with Crippen LogP contribution in [-0.4, -0.2) is 19.3 Å². The SMILES string of the molecule is C=C(C)C1(C(F)(F)F)C=CC(C(=O)OC)(c2ccccc2)C=C1. The first kappa shape index (κ1) is 17.1. The molecule has 0 saturated carbocycles. The Kier molecular flexibility index (Phi) is 4.24. The Labute approximate surface area is 133 Å². The highest BCUT2D eigenvalue weighted by Crippen LogP contribution is 2.50. The van der Waals surface area contributed by atoms with Gasteiger partial charge in [0.25, 0.3) is 0 Å². The second-order valence-corrected chi connectivity index (χ2v) is 5.54. The third-order valence-electron chi connectivity index (χ3n) is 4.17. The first-order valence-electron chi connectivity index (χ1n) is 6.97. The molecule has 1 aliphatic carbocycles. The number of allylic oxidation sites excluding steroid dienone is 3. The van der Waals surface area contributed by atoms with E-state index in [1.54, 1.807) is 30.3 Å². The van der Waals surface area contributed by atoms with Crippen LogP contribution in [0.2, 0.25) is 0 Å². The summed E-state index contributed by atoms with van der Waals surface area (Å²) in [6.07, 6.45) is -0.0734. The largest absolute Gasteiger partial charge is 0.468 e. The number of ether oxygens (including phenoxy) is 1. The van der Waals surface area contributed by atoms with Crippen molar-refractivity contribution in [2.45, 2.75) is 18.5 Å². The van der Waals surface area contributed by atoms with E-state index < -0.39 is 23.0 Å². The minimum atomic E-state index is -4.54. The highest BCUT2D eigenvalue weighted by Gasteiger charge is 2.55. The zero-order chi connectivity index (χ0) is 17.3. The molecule has 0 spiro atoms. The van der Waals surface area contributed by atoms with Crippen LogP contribution in [0, 0.1) is 5.41 Å². The number of alkyl halides is 3. The van der Waals surface area contributed by atoms with E-state index in [0.717, 1.165) is 12.2 Å². The summed E-state index contributed by atoms with van der Waals surface area (Å²) in [5, 5.41) is 0. The van der Waals surface area contributed by atoms with Crippen LogP contribution in [0.15, 0.2) is 66.8 Å². The number of rotatable bonds is 3. The fourth-order valence-corrected chi connectivity index (χ4v) is 2.68. The molecule has 122 valence electrons. The van der Waals surface area contributed by atoms with E-state index in [2.05, 4.69) is 6.58 Å². The van der Waals surface area contributed by atoms with Gasteiger partial charge in [-0.05, 0) is 12.5 Å². The molecule has 23 heavy (non-hydrogen) atoms. The molecule has 2 nitrogen and oxygen atoms in total. The van der Waals surface area contributed by atoms with Gasteiger partial charge in [-0.3, -0.25) is 4.79 Å². The lowest BCUT2D eigenvalue weighted by molar-refractivity contribution is -0.178. The van der Waals surface area contributed by atoms with Crippen molar-refractivity contribution in [3.8, 4) is 0 Å². The predicted octanol–water partition coefficient (Wildman–Crippen LogP) is 4.35. The minimum Gasteiger partial charge on any atom is -0.468 e. The van der Waals surface area contributed by atoms with Gasteiger partial charge in [-0.2, -0.15) is 13.2 Å². The molecular weight excluding hydrogens is 305 g/mol. The third-order valence-corrected chi connectivity index (χ3v) is 4.17. The Hall–Kier alpha value is -2.30. The van der Waals surface area contributed by atoms with Gasteiger partial charge in [-0.25, -0.2) is 0 Å². The second-order valence-electron chi connectivity index (χ2n) is 5.54. The molecule has 0 unspecified atom stereocenters. The van der Waals surface area contributed by atoms with Crippen molar-refractivity contribution in [2.75, 3.05) is 7.11 Å². The first-order valence-corrected chi connectivity index (χ1v) is 6.97. The summed E-state index contributed by atoms with van der Waals surface area (Å²) in [6, 6.07) is 8.54. The highest BCUT2D eigenvalue weighted by molar-refractivity contribution is 5.89. The number of benzene rings is 1. The molecule has 2 rings (SSSR count). The van der Waals surface area contributed by atoms with Gasteiger partial charge in [0.2, 0.25) is 0 Å². The van der Waals surface area contributed by atoms with E-state index in [1.807, 2.05) is 0 Å². The van der Waals surface area contributed by atoms with Gasteiger partial charge >= 0.3 is 12.1 Å². The van der Waals surface area contributed by atoms with Crippen molar-refractivity contribution in [2.24, 2.45) is 5.41 Å². The van der Waals surface area contributed by atoms with E-state index in [4.69, 9.17) is 4.74 Å². The Morgan fingerprint density at radius 3 is 2.00 bits per heavy atom. The first-order chi connectivity index (χ1) is 10.7. The van der Waals surface area contributed by atoms with Crippen molar-refractivity contribution < 1.29 is 22.7 Å². The quantitative estimate of drug-likeness (QED) is 0.611. The van der Waals surface area contributed by atoms with Gasteiger partial charge in [-0.15, -0.1) is 0 Å². The smallest absolute Gasteiger partial charge is 0.404 e. The van der Waals surface area contributed by atoms with Crippen LogP contribution in [0.3, 0.4) is 0 Å². The molecule has 0 atom stereocenters. The fraction of sp³-hybridized carbons (Fsp3) is 0.278. The van der Waals surface area contributed by atoms with Crippen molar-refractivity contribution in [1.82, 2.24) is 0 Å². The Bertz CT molecular complexity index is 655. The Morgan fingerprint density at radius 2 is 1.61 bits per heavy atom. The maximum Gasteiger partial charge on any atom is 0.404 e. The molecule has 0 aliphatic heterocycles. The second kappa shape index (κ2) is 5.72. The van der Waals surface area contributed by atoms with Gasteiger partial charge in [0.05, 0.1) is 7.11 Å². The number of carbonyl (C=O) groups is 1. The molecule has 0 bridgehead atoms. The predicted molar refractivity (Wildman–Crippen MR) is 81.7 cm³/mol. The lowest BCUT2D eigenvalue weighted by Crippen LogP contribution is -2.42. The number of hydrogen-bond acceptors (Lipinski definition) is 2. The third kappa shape index (κ3) is 2.60. The van der Waals surface area contributed by atoms with Crippen LogP contribution in [-0.2, 0) is 14.9 Å². The summed E-state index contributed by atoms with van der Waals surface area (Å²) in [5.74, 6) is -0.645. The van der Waals surface area contributed by atoms with Crippen molar-refractivity contribution in [3.63, 3.8) is 0 Å².